The third kappa shape index (κ3) is 4.48. The third-order valence-corrected chi connectivity index (χ3v) is 5.87. The van der Waals surface area contributed by atoms with Crippen molar-refractivity contribution in [3.05, 3.63) is 119 Å². The van der Waals surface area contributed by atoms with Gasteiger partial charge in [-0.1, -0.05) is 29.8 Å². The predicted octanol–water partition coefficient (Wildman–Crippen LogP) is 5.38. The summed E-state index contributed by atoms with van der Waals surface area (Å²) in [5.74, 6) is -0.299. The molecule has 0 aliphatic carbocycles. The lowest BCUT2D eigenvalue weighted by Crippen LogP contribution is -2.28. The Labute approximate surface area is 201 Å². The number of rotatable bonds is 7. The molecule has 1 aliphatic rings. The van der Waals surface area contributed by atoms with Gasteiger partial charge in [-0.05, 0) is 61.0 Å². The first-order valence-electron chi connectivity index (χ1n) is 11.1. The molecule has 4 aromatic rings. The van der Waals surface area contributed by atoms with Crippen LogP contribution >= 0.6 is 0 Å². The number of hydrogen-bond donors (Lipinski definition) is 1. The van der Waals surface area contributed by atoms with E-state index in [0.717, 1.165) is 11.1 Å². The van der Waals surface area contributed by atoms with Gasteiger partial charge in [0.25, 0.3) is 11.7 Å². The lowest BCUT2D eigenvalue weighted by atomic mass is 9.99. The van der Waals surface area contributed by atoms with E-state index in [-0.39, 0.29) is 17.9 Å². The fraction of sp³-hybridized carbons (Fsp3) is 0.143. The van der Waals surface area contributed by atoms with Crippen molar-refractivity contribution in [3.8, 4) is 5.75 Å². The minimum absolute atomic E-state index is 0.0371. The van der Waals surface area contributed by atoms with E-state index in [0.29, 0.717) is 29.4 Å². The molecule has 3 heterocycles. The lowest BCUT2D eigenvalue weighted by Gasteiger charge is -2.22. The van der Waals surface area contributed by atoms with Crippen LogP contribution in [0.3, 0.4) is 0 Å². The van der Waals surface area contributed by atoms with Gasteiger partial charge in [0.15, 0.2) is 0 Å². The second kappa shape index (κ2) is 9.38. The number of aliphatic hydroxyl groups excluding tert-OH is 1. The molecule has 1 fully saturated rings. The predicted molar refractivity (Wildman–Crippen MR) is 127 cm³/mol. The lowest BCUT2D eigenvalue weighted by molar-refractivity contribution is -0.140. The normalized spacial score (nSPS) is 17.2. The molecular formula is C28H23NO6. The molecule has 1 amide bonds. The van der Waals surface area contributed by atoms with Crippen molar-refractivity contribution in [1.29, 1.82) is 0 Å². The van der Waals surface area contributed by atoms with Crippen LogP contribution in [0, 0.1) is 6.92 Å². The van der Waals surface area contributed by atoms with Gasteiger partial charge in [0.2, 0.25) is 0 Å². The molecule has 7 nitrogen and oxygen atoms in total. The van der Waals surface area contributed by atoms with Gasteiger partial charge in [0.05, 0.1) is 24.6 Å². The van der Waals surface area contributed by atoms with Gasteiger partial charge < -0.3 is 23.6 Å². The second-order valence-corrected chi connectivity index (χ2v) is 8.32. The summed E-state index contributed by atoms with van der Waals surface area (Å²) in [5.41, 5.74) is 2.55. The number of aliphatic hydroxyl groups is 1. The Morgan fingerprint density at radius 2 is 1.74 bits per heavy atom. The minimum atomic E-state index is -0.882. The van der Waals surface area contributed by atoms with E-state index in [1.54, 1.807) is 48.5 Å². The number of carbonyl (C=O) groups is 2. The summed E-state index contributed by atoms with van der Waals surface area (Å²) in [4.78, 5) is 27.3. The molecule has 7 heteroatoms. The maximum absolute atomic E-state index is 13.0. The average molecular weight is 469 g/mol. The number of hydrogen-bond acceptors (Lipinski definition) is 6. The maximum atomic E-state index is 13.0. The highest BCUT2D eigenvalue weighted by molar-refractivity contribution is 6.46. The Balaban J connectivity index is 1.43. The molecule has 5 rings (SSSR count). The Morgan fingerprint density at radius 1 is 0.971 bits per heavy atom. The average Bonchev–Trinajstić information content (AvgIpc) is 3.62. The van der Waals surface area contributed by atoms with Crippen molar-refractivity contribution in [2.45, 2.75) is 26.1 Å². The van der Waals surface area contributed by atoms with E-state index in [1.165, 1.54) is 17.4 Å². The topological polar surface area (TPSA) is 93.1 Å². The molecule has 0 radical (unpaired) electrons. The van der Waals surface area contributed by atoms with E-state index in [9.17, 15) is 14.7 Å². The van der Waals surface area contributed by atoms with Gasteiger partial charge in [-0.25, -0.2) is 0 Å². The first-order chi connectivity index (χ1) is 17.0. The molecule has 1 unspecified atom stereocenters. The standard InChI is InChI=1S/C28H23NO6/c1-18-5-2-6-19(15-18)17-35-21-11-9-20(10-12-21)26(30)24-25(23-8-4-14-34-23)29(28(32)27(24)31)16-22-7-3-13-33-22/h2-15,25,30H,16-17H2,1H3/b26-24-. The van der Waals surface area contributed by atoms with Crippen LogP contribution in [0.2, 0.25) is 0 Å². The van der Waals surface area contributed by atoms with Crippen LogP contribution in [-0.4, -0.2) is 21.7 Å². The molecule has 0 saturated carbocycles. The molecule has 1 N–H and O–H groups in total. The number of carbonyl (C=O) groups excluding carboxylic acids is 2. The van der Waals surface area contributed by atoms with Crippen LogP contribution < -0.4 is 4.74 Å². The Morgan fingerprint density at radius 3 is 2.43 bits per heavy atom. The van der Waals surface area contributed by atoms with Crippen LogP contribution in [0.25, 0.3) is 5.76 Å². The van der Waals surface area contributed by atoms with Gasteiger partial charge in [-0.3, -0.25) is 9.59 Å². The maximum Gasteiger partial charge on any atom is 0.296 e. The van der Waals surface area contributed by atoms with Crippen molar-refractivity contribution >= 4 is 17.4 Å². The van der Waals surface area contributed by atoms with Crippen molar-refractivity contribution in [2.24, 2.45) is 0 Å². The molecule has 1 aliphatic heterocycles. The number of furan rings is 2. The van der Waals surface area contributed by atoms with Crippen LogP contribution in [0.5, 0.6) is 5.75 Å². The van der Waals surface area contributed by atoms with Crippen molar-refractivity contribution < 1.29 is 28.3 Å². The monoisotopic (exact) mass is 469 g/mol. The largest absolute Gasteiger partial charge is 0.507 e. The van der Waals surface area contributed by atoms with Crippen LogP contribution in [0.15, 0.2) is 99.7 Å². The molecule has 1 atom stereocenters. The molecule has 176 valence electrons. The number of amides is 1. The quantitative estimate of drug-likeness (QED) is 0.222. The molecular weight excluding hydrogens is 446 g/mol. The Bertz CT molecular complexity index is 1370. The van der Waals surface area contributed by atoms with Crippen molar-refractivity contribution in [1.82, 2.24) is 4.90 Å². The molecule has 0 bridgehead atoms. The Hall–Kier alpha value is -4.52. The van der Waals surface area contributed by atoms with Crippen LogP contribution in [0.1, 0.15) is 34.3 Å². The molecule has 35 heavy (non-hydrogen) atoms. The summed E-state index contributed by atoms with van der Waals surface area (Å²) in [6, 6.07) is 20.7. The molecule has 1 saturated heterocycles. The molecule has 0 spiro atoms. The van der Waals surface area contributed by atoms with E-state index in [1.807, 2.05) is 25.1 Å². The minimum Gasteiger partial charge on any atom is -0.507 e. The first kappa shape index (κ1) is 22.3. The van der Waals surface area contributed by atoms with Crippen molar-refractivity contribution in [2.75, 3.05) is 0 Å². The smallest absolute Gasteiger partial charge is 0.296 e. The fourth-order valence-electron chi connectivity index (χ4n) is 4.19. The summed E-state index contributed by atoms with van der Waals surface area (Å²) in [6.45, 7) is 2.49. The van der Waals surface area contributed by atoms with E-state index < -0.39 is 17.7 Å². The van der Waals surface area contributed by atoms with E-state index in [2.05, 4.69) is 6.07 Å². The number of nitrogens with zero attached hydrogens (tertiary/aromatic N) is 1. The van der Waals surface area contributed by atoms with Gasteiger partial charge in [-0.2, -0.15) is 0 Å². The number of ether oxygens (including phenoxy) is 1. The zero-order valence-corrected chi connectivity index (χ0v) is 19.0. The highest BCUT2D eigenvalue weighted by atomic mass is 16.5. The summed E-state index contributed by atoms with van der Waals surface area (Å²) in [7, 11) is 0. The second-order valence-electron chi connectivity index (χ2n) is 8.32. The van der Waals surface area contributed by atoms with Crippen LogP contribution in [-0.2, 0) is 22.7 Å². The van der Waals surface area contributed by atoms with Gasteiger partial charge >= 0.3 is 0 Å². The van der Waals surface area contributed by atoms with Crippen LogP contribution in [0.4, 0.5) is 0 Å². The number of ketones is 1. The summed E-state index contributed by atoms with van der Waals surface area (Å²) in [6.07, 6.45) is 2.96. The summed E-state index contributed by atoms with van der Waals surface area (Å²) < 4.78 is 16.8. The molecule has 2 aromatic carbocycles. The van der Waals surface area contributed by atoms with Crippen molar-refractivity contribution in [3.63, 3.8) is 0 Å². The van der Waals surface area contributed by atoms with Gasteiger partial charge in [-0.15, -0.1) is 0 Å². The highest BCUT2D eigenvalue weighted by Crippen LogP contribution is 2.40. The van der Waals surface area contributed by atoms with Gasteiger partial charge in [0, 0.05) is 5.56 Å². The number of benzene rings is 2. The number of likely N-dealkylation sites (tertiary alicyclic amines) is 1. The van der Waals surface area contributed by atoms with Gasteiger partial charge in [0.1, 0.15) is 35.7 Å². The fourth-order valence-corrected chi connectivity index (χ4v) is 4.19. The number of Topliss-reactive ketones (excluding diaryl/α,β-unsaturated/α-hetero) is 1. The molecule has 2 aromatic heterocycles. The first-order valence-corrected chi connectivity index (χ1v) is 11.1. The van der Waals surface area contributed by atoms with E-state index >= 15 is 0 Å². The zero-order chi connectivity index (χ0) is 24.4. The summed E-state index contributed by atoms with van der Waals surface area (Å²) in [5, 5.41) is 11.1. The number of aryl methyl sites for hydroxylation is 1. The highest BCUT2D eigenvalue weighted by Gasteiger charge is 2.47. The zero-order valence-electron chi connectivity index (χ0n) is 19.0. The summed E-state index contributed by atoms with van der Waals surface area (Å²) >= 11 is 0. The third-order valence-electron chi connectivity index (χ3n) is 5.87. The van der Waals surface area contributed by atoms with E-state index in [4.69, 9.17) is 13.6 Å². The SMILES string of the molecule is Cc1cccc(COc2ccc(/C(O)=C3/C(=O)C(=O)N(Cc4ccco4)C3c3ccco3)cc2)c1. The Kier molecular flexibility index (Phi) is 5.97.